The minimum atomic E-state index is -0.663. The van der Waals surface area contributed by atoms with Crippen molar-refractivity contribution in [3.63, 3.8) is 0 Å². The van der Waals surface area contributed by atoms with Gasteiger partial charge in [-0.25, -0.2) is 0 Å². The van der Waals surface area contributed by atoms with Gasteiger partial charge in [-0.3, -0.25) is 4.79 Å². The van der Waals surface area contributed by atoms with E-state index in [0.717, 1.165) is 31.4 Å². The van der Waals surface area contributed by atoms with E-state index in [4.69, 9.17) is 18.9 Å². The van der Waals surface area contributed by atoms with Crippen molar-refractivity contribution in [2.24, 2.45) is 29.6 Å². The van der Waals surface area contributed by atoms with Gasteiger partial charge in [-0.1, -0.05) is 34.6 Å². The summed E-state index contributed by atoms with van der Waals surface area (Å²) in [5.41, 5.74) is 0.798. The maximum Gasteiger partial charge on any atom is 0.311 e. The van der Waals surface area contributed by atoms with Gasteiger partial charge in [0.05, 0.1) is 24.2 Å². The summed E-state index contributed by atoms with van der Waals surface area (Å²) in [5.74, 6) is 0.350. The third-order valence-electron chi connectivity index (χ3n) is 8.34. The molecule has 0 radical (unpaired) electrons. The summed E-state index contributed by atoms with van der Waals surface area (Å²) in [5, 5.41) is 11.2. The number of esters is 1. The van der Waals surface area contributed by atoms with Crippen LogP contribution in [0.3, 0.4) is 0 Å². The van der Waals surface area contributed by atoms with E-state index in [1.54, 1.807) is 0 Å². The summed E-state index contributed by atoms with van der Waals surface area (Å²) in [6.45, 7) is 18.6. The number of rotatable bonds is 3. The van der Waals surface area contributed by atoms with Crippen LogP contribution in [0.2, 0.25) is 0 Å². The van der Waals surface area contributed by atoms with Crippen molar-refractivity contribution >= 4 is 5.97 Å². The van der Waals surface area contributed by atoms with Crippen molar-refractivity contribution in [1.82, 2.24) is 0 Å². The maximum absolute atomic E-state index is 13.4. The Balaban J connectivity index is 1.93. The highest BCUT2D eigenvalue weighted by atomic mass is 16.7. The van der Waals surface area contributed by atoms with Crippen LogP contribution in [0, 0.1) is 29.6 Å². The number of fused-ring (bicyclic) bond motifs is 2. The molecule has 34 heavy (non-hydrogen) atoms. The standard InChI is InChI=1S/C28H48O6/c1-10-22-19(6)24(29)20(7)26-17(4)14-28(9,34-26)13-16(3)25(21(8)27(30)32-22)33-23-12-15(2)11-18(5)31-23/h15-16,18-25,29H,10-14H2,1-9H3/t15?,16?,18?,19-,20+,21?,22?,23-,24-,25?,28+/m0/s1. The van der Waals surface area contributed by atoms with Gasteiger partial charge >= 0.3 is 5.97 Å². The van der Waals surface area contributed by atoms with Gasteiger partial charge in [0.1, 0.15) is 17.5 Å². The number of carbonyl (C=O) groups excluding carboxylic acids is 1. The molecule has 6 unspecified atom stereocenters. The summed E-state index contributed by atoms with van der Waals surface area (Å²) in [7, 11) is 0. The first kappa shape index (κ1) is 27.5. The highest BCUT2D eigenvalue weighted by Crippen LogP contribution is 2.44. The Labute approximate surface area is 206 Å². The molecule has 11 atom stereocenters. The van der Waals surface area contributed by atoms with Crippen molar-refractivity contribution in [2.45, 2.75) is 131 Å². The number of aliphatic hydroxyl groups is 1. The zero-order valence-corrected chi connectivity index (χ0v) is 22.8. The predicted octanol–water partition coefficient (Wildman–Crippen LogP) is 5.62. The molecule has 3 rings (SSSR count). The minimum absolute atomic E-state index is 0.0503. The van der Waals surface area contributed by atoms with Gasteiger partial charge in [-0.15, -0.1) is 0 Å². The Morgan fingerprint density at radius 1 is 1.09 bits per heavy atom. The number of hydrogen-bond donors (Lipinski definition) is 1. The molecule has 6 nitrogen and oxygen atoms in total. The zero-order valence-electron chi connectivity index (χ0n) is 22.8. The van der Waals surface area contributed by atoms with Crippen LogP contribution in [0.1, 0.15) is 94.4 Å². The molecule has 2 saturated heterocycles. The van der Waals surface area contributed by atoms with Crippen molar-refractivity contribution in [3.8, 4) is 0 Å². The molecule has 0 aromatic heterocycles. The van der Waals surface area contributed by atoms with E-state index >= 15 is 0 Å². The quantitative estimate of drug-likeness (QED) is 0.529. The Morgan fingerprint density at radius 2 is 1.76 bits per heavy atom. The lowest BCUT2D eigenvalue weighted by atomic mass is 9.82. The molecule has 0 amide bonds. The normalized spacial score (nSPS) is 46.7. The second-order valence-electron chi connectivity index (χ2n) is 11.9. The summed E-state index contributed by atoms with van der Waals surface area (Å²) < 4.78 is 25.3. The number of carbonyl (C=O) groups is 1. The number of aliphatic hydroxyl groups excluding tert-OH is 1. The summed E-state index contributed by atoms with van der Waals surface area (Å²) in [6, 6.07) is 0. The Kier molecular flexibility index (Phi) is 8.79. The van der Waals surface area contributed by atoms with Crippen LogP contribution in [0.5, 0.6) is 0 Å². The molecule has 3 aliphatic heterocycles. The molecule has 0 saturated carbocycles. The van der Waals surface area contributed by atoms with Gasteiger partial charge in [-0.05, 0) is 64.4 Å². The lowest BCUT2D eigenvalue weighted by molar-refractivity contribution is -0.239. The van der Waals surface area contributed by atoms with Gasteiger partial charge < -0.3 is 24.1 Å². The summed E-state index contributed by atoms with van der Waals surface area (Å²) in [6.07, 6.45) is 2.47. The molecule has 2 bridgehead atoms. The van der Waals surface area contributed by atoms with Crippen molar-refractivity contribution in [3.05, 3.63) is 11.3 Å². The Hall–Kier alpha value is -1.11. The molecule has 0 aliphatic carbocycles. The molecular formula is C28H48O6. The molecule has 1 N–H and O–H groups in total. The lowest BCUT2D eigenvalue weighted by Crippen LogP contribution is -2.44. The molecule has 196 valence electrons. The van der Waals surface area contributed by atoms with Gasteiger partial charge in [0.25, 0.3) is 0 Å². The average Bonchev–Trinajstić information content (AvgIpc) is 3.05. The van der Waals surface area contributed by atoms with E-state index in [9.17, 15) is 9.90 Å². The first-order chi connectivity index (χ1) is 15.8. The van der Waals surface area contributed by atoms with Crippen LogP contribution in [0.4, 0.5) is 0 Å². The van der Waals surface area contributed by atoms with Crippen LogP contribution < -0.4 is 0 Å². The van der Waals surface area contributed by atoms with Gasteiger partial charge in [0.15, 0.2) is 6.29 Å². The smallest absolute Gasteiger partial charge is 0.311 e. The van der Waals surface area contributed by atoms with Gasteiger partial charge in [0.2, 0.25) is 0 Å². The van der Waals surface area contributed by atoms with E-state index in [1.807, 2.05) is 27.7 Å². The highest BCUT2D eigenvalue weighted by Gasteiger charge is 2.45. The molecular weight excluding hydrogens is 432 g/mol. The number of ether oxygens (including phenoxy) is 4. The predicted molar refractivity (Wildman–Crippen MR) is 132 cm³/mol. The molecule has 0 aromatic carbocycles. The molecule has 0 aromatic rings. The third-order valence-corrected chi connectivity index (χ3v) is 8.34. The SMILES string of the molecule is CCC1OC(=O)C(C)C(O[C@H]2CC(C)CC(C)O2)C(C)C[C@]2(C)CC(C)=C(O2)[C@H](C)[C@@H](O)[C@H]1C. The fourth-order valence-electron chi connectivity index (χ4n) is 6.58. The minimum Gasteiger partial charge on any atom is -0.491 e. The molecule has 0 spiro atoms. The first-order valence-corrected chi connectivity index (χ1v) is 13.4. The van der Waals surface area contributed by atoms with Crippen molar-refractivity contribution in [1.29, 1.82) is 0 Å². The summed E-state index contributed by atoms with van der Waals surface area (Å²) >= 11 is 0. The van der Waals surface area contributed by atoms with E-state index in [2.05, 4.69) is 34.6 Å². The summed E-state index contributed by atoms with van der Waals surface area (Å²) in [4.78, 5) is 13.4. The van der Waals surface area contributed by atoms with Gasteiger partial charge in [0, 0.05) is 24.7 Å². The second-order valence-corrected chi connectivity index (χ2v) is 11.9. The topological polar surface area (TPSA) is 74.2 Å². The van der Waals surface area contributed by atoms with Crippen LogP contribution in [0.25, 0.3) is 0 Å². The van der Waals surface area contributed by atoms with E-state index in [-0.39, 0.29) is 48.3 Å². The first-order valence-electron chi connectivity index (χ1n) is 13.4. The van der Waals surface area contributed by atoms with Crippen LogP contribution in [-0.2, 0) is 23.7 Å². The molecule has 3 heterocycles. The van der Waals surface area contributed by atoms with E-state index < -0.39 is 17.6 Å². The van der Waals surface area contributed by atoms with Crippen LogP contribution >= 0.6 is 0 Å². The van der Waals surface area contributed by atoms with Crippen LogP contribution in [-0.4, -0.2) is 47.4 Å². The largest absolute Gasteiger partial charge is 0.491 e. The molecule has 6 heteroatoms. The zero-order chi connectivity index (χ0) is 25.4. The lowest BCUT2D eigenvalue weighted by Gasteiger charge is -2.39. The number of hydrogen-bond acceptors (Lipinski definition) is 6. The van der Waals surface area contributed by atoms with E-state index in [0.29, 0.717) is 12.3 Å². The van der Waals surface area contributed by atoms with Crippen LogP contribution in [0.15, 0.2) is 11.3 Å². The highest BCUT2D eigenvalue weighted by molar-refractivity contribution is 5.73. The Morgan fingerprint density at radius 3 is 2.38 bits per heavy atom. The number of cyclic esters (lactones) is 1. The van der Waals surface area contributed by atoms with Crippen molar-refractivity contribution < 1.29 is 28.8 Å². The monoisotopic (exact) mass is 480 g/mol. The fourth-order valence-corrected chi connectivity index (χ4v) is 6.58. The molecule has 2 fully saturated rings. The second kappa shape index (κ2) is 10.9. The third kappa shape index (κ3) is 5.99. The van der Waals surface area contributed by atoms with Gasteiger partial charge in [-0.2, -0.15) is 0 Å². The Bertz CT molecular complexity index is 739. The molecule has 3 aliphatic rings. The maximum atomic E-state index is 13.4. The fraction of sp³-hybridized carbons (Fsp3) is 0.893. The van der Waals surface area contributed by atoms with Crippen molar-refractivity contribution in [2.75, 3.05) is 0 Å². The average molecular weight is 481 g/mol. The van der Waals surface area contributed by atoms with E-state index in [1.165, 1.54) is 5.57 Å².